The van der Waals surface area contributed by atoms with Gasteiger partial charge in [0.1, 0.15) is 5.75 Å². The Labute approximate surface area is 98.9 Å². The summed E-state index contributed by atoms with van der Waals surface area (Å²) in [7, 11) is 0. The zero-order valence-corrected chi connectivity index (χ0v) is 9.35. The highest BCUT2D eigenvalue weighted by atomic mass is 16.4. The first kappa shape index (κ1) is 11.6. The third-order valence-electron chi connectivity index (χ3n) is 3.19. The number of hydrogen-bond donors (Lipinski definition) is 2. The van der Waals surface area contributed by atoms with Crippen LogP contribution in [0.2, 0.25) is 0 Å². The van der Waals surface area contributed by atoms with Gasteiger partial charge in [0.2, 0.25) is 0 Å². The number of benzene rings is 1. The van der Waals surface area contributed by atoms with Crippen molar-refractivity contribution in [1.82, 2.24) is 0 Å². The van der Waals surface area contributed by atoms with Crippen LogP contribution in [0.4, 0.5) is 0 Å². The molecule has 1 unspecified atom stereocenters. The zero-order chi connectivity index (χ0) is 12.4. The maximum Gasteiger partial charge on any atom is 0.303 e. The molecule has 1 aliphatic rings. The van der Waals surface area contributed by atoms with Crippen LogP contribution in [-0.2, 0) is 11.2 Å². The van der Waals surface area contributed by atoms with Crippen LogP contribution in [0, 0.1) is 5.92 Å². The number of phenols is 1. The van der Waals surface area contributed by atoms with Gasteiger partial charge in [-0.15, -0.1) is 0 Å². The molecule has 1 aliphatic carbocycles. The minimum absolute atomic E-state index is 0.00694. The molecule has 2 rings (SSSR count). The van der Waals surface area contributed by atoms with Gasteiger partial charge < -0.3 is 10.2 Å². The number of carboxylic acid groups (broad SMARTS) is 1. The van der Waals surface area contributed by atoms with Gasteiger partial charge in [0.25, 0.3) is 0 Å². The average molecular weight is 234 g/mol. The van der Waals surface area contributed by atoms with Gasteiger partial charge in [-0.3, -0.25) is 9.59 Å². The summed E-state index contributed by atoms with van der Waals surface area (Å²) in [6.07, 6.45) is 1.82. The van der Waals surface area contributed by atoms with Crippen molar-refractivity contribution in [3.63, 3.8) is 0 Å². The molecule has 90 valence electrons. The van der Waals surface area contributed by atoms with Gasteiger partial charge in [-0.25, -0.2) is 0 Å². The van der Waals surface area contributed by atoms with Crippen LogP contribution in [0.15, 0.2) is 18.2 Å². The Hall–Kier alpha value is -1.84. The summed E-state index contributed by atoms with van der Waals surface area (Å²) in [4.78, 5) is 22.6. The van der Waals surface area contributed by atoms with E-state index < -0.39 is 5.97 Å². The van der Waals surface area contributed by atoms with Crippen LogP contribution in [0.5, 0.6) is 5.75 Å². The average Bonchev–Trinajstić information content (AvgIpc) is 2.27. The van der Waals surface area contributed by atoms with Gasteiger partial charge >= 0.3 is 5.97 Å². The molecule has 17 heavy (non-hydrogen) atoms. The van der Waals surface area contributed by atoms with Gasteiger partial charge in [-0.1, -0.05) is 0 Å². The predicted molar refractivity (Wildman–Crippen MR) is 61.1 cm³/mol. The molecule has 0 aliphatic heterocycles. The standard InChI is InChI=1S/C13H14O4/c14-10-4-5-11-9(7-10)2-1-8(13(11)17)3-6-12(15)16/h4-5,7-8,14H,1-3,6H2,(H,15,16). The van der Waals surface area contributed by atoms with E-state index >= 15 is 0 Å². The lowest BCUT2D eigenvalue weighted by Gasteiger charge is -2.22. The van der Waals surface area contributed by atoms with Crippen molar-refractivity contribution in [3.05, 3.63) is 29.3 Å². The van der Waals surface area contributed by atoms with Crippen molar-refractivity contribution in [2.45, 2.75) is 25.7 Å². The number of phenolic OH excluding ortho intramolecular Hbond substituents is 1. The third kappa shape index (κ3) is 2.46. The maximum absolute atomic E-state index is 12.1. The van der Waals surface area contributed by atoms with Crippen molar-refractivity contribution in [2.24, 2.45) is 5.92 Å². The smallest absolute Gasteiger partial charge is 0.303 e. The van der Waals surface area contributed by atoms with Crippen molar-refractivity contribution >= 4 is 11.8 Å². The number of aliphatic carboxylic acids is 1. The summed E-state index contributed by atoms with van der Waals surface area (Å²) >= 11 is 0. The summed E-state index contributed by atoms with van der Waals surface area (Å²) in [5.41, 5.74) is 1.49. The van der Waals surface area contributed by atoms with E-state index in [4.69, 9.17) is 5.11 Å². The SMILES string of the molecule is O=C(O)CCC1CCc2cc(O)ccc2C1=O. The monoisotopic (exact) mass is 234 g/mol. The summed E-state index contributed by atoms with van der Waals surface area (Å²) < 4.78 is 0. The van der Waals surface area contributed by atoms with Crippen LogP contribution in [0.3, 0.4) is 0 Å². The van der Waals surface area contributed by atoms with Crippen LogP contribution in [0.1, 0.15) is 35.2 Å². The van der Waals surface area contributed by atoms with Crippen molar-refractivity contribution in [1.29, 1.82) is 0 Å². The molecule has 4 nitrogen and oxygen atoms in total. The van der Waals surface area contributed by atoms with Crippen LogP contribution in [-0.4, -0.2) is 22.0 Å². The molecule has 0 fully saturated rings. The summed E-state index contributed by atoms with van der Waals surface area (Å²) in [6.45, 7) is 0. The molecule has 2 N–H and O–H groups in total. The van der Waals surface area contributed by atoms with Crippen LogP contribution >= 0.6 is 0 Å². The van der Waals surface area contributed by atoms with Gasteiger partial charge in [-0.2, -0.15) is 0 Å². The summed E-state index contributed by atoms with van der Waals surface area (Å²) in [5, 5.41) is 17.9. The number of hydrogen-bond acceptors (Lipinski definition) is 3. The molecule has 0 amide bonds. The molecule has 0 spiro atoms. The number of Topliss-reactive ketones (excluding diaryl/α,β-unsaturated/α-hetero) is 1. The lowest BCUT2D eigenvalue weighted by molar-refractivity contribution is -0.137. The molecular weight excluding hydrogens is 220 g/mol. The van der Waals surface area contributed by atoms with E-state index in [1.807, 2.05) is 0 Å². The minimum Gasteiger partial charge on any atom is -0.508 e. The number of fused-ring (bicyclic) bond motifs is 1. The Balaban J connectivity index is 2.16. The molecule has 0 saturated carbocycles. The van der Waals surface area contributed by atoms with Crippen LogP contribution < -0.4 is 0 Å². The topological polar surface area (TPSA) is 74.6 Å². The Bertz CT molecular complexity index is 464. The molecule has 0 aromatic heterocycles. The Morgan fingerprint density at radius 1 is 1.41 bits per heavy atom. The first-order valence-electron chi connectivity index (χ1n) is 5.66. The van der Waals surface area contributed by atoms with E-state index in [2.05, 4.69) is 0 Å². The highest BCUT2D eigenvalue weighted by Crippen LogP contribution is 2.30. The second-order valence-electron chi connectivity index (χ2n) is 4.37. The molecule has 1 aromatic rings. The quantitative estimate of drug-likeness (QED) is 0.838. The fourth-order valence-corrected chi connectivity index (χ4v) is 2.28. The van der Waals surface area contributed by atoms with E-state index in [0.29, 0.717) is 18.4 Å². The highest BCUT2D eigenvalue weighted by molar-refractivity contribution is 6.00. The van der Waals surface area contributed by atoms with Crippen molar-refractivity contribution < 1.29 is 19.8 Å². The molecule has 0 bridgehead atoms. The molecule has 0 radical (unpaired) electrons. The summed E-state index contributed by atoms with van der Waals surface area (Å²) in [5.74, 6) is -0.884. The van der Waals surface area contributed by atoms with E-state index in [1.54, 1.807) is 12.1 Å². The molecule has 1 atom stereocenters. The second kappa shape index (κ2) is 4.57. The number of carbonyl (C=O) groups excluding carboxylic acids is 1. The summed E-state index contributed by atoms with van der Waals surface area (Å²) in [6, 6.07) is 4.73. The van der Waals surface area contributed by atoms with Gasteiger partial charge in [0.05, 0.1) is 0 Å². The fourth-order valence-electron chi connectivity index (χ4n) is 2.28. The maximum atomic E-state index is 12.1. The molecule has 0 saturated heterocycles. The van der Waals surface area contributed by atoms with E-state index in [-0.39, 0.29) is 23.9 Å². The van der Waals surface area contributed by atoms with Gasteiger partial charge in [-0.05, 0) is 43.0 Å². The number of carboxylic acids is 1. The second-order valence-corrected chi connectivity index (χ2v) is 4.37. The number of aryl methyl sites for hydroxylation is 1. The van der Waals surface area contributed by atoms with Crippen molar-refractivity contribution in [2.75, 3.05) is 0 Å². The van der Waals surface area contributed by atoms with Crippen LogP contribution in [0.25, 0.3) is 0 Å². The molecule has 4 heteroatoms. The number of ketones is 1. The number of carbonyl (C=O) groups is 2. The Morgan fingerprint density at radius 2 is 2.18 bits per heavy atom. The van der Waals surface area contributed by atoms with Gasteiger partial charge in [0.15, 0.2) is 5.78 Å². The number of aromatic hydroxyl groups is 1. The van der Waals surface area contributed by atoms with E-state index in [1.165, 1.54) is 6.07 Å². The Morgan fingerprint density at radius 3 is 2.88 bits per heavy atom. The zero-order valence-electron chi connectivity index (χ0n) is 9.35. The highest BCUT2D eigenvalue weighted by Gasteiger charge is 2.27. The fraction of sp³-hybridized carbons (Fsp3) is 0.385. The van der Waals surface area contributed by atoms with E-state index in [9.17, 15) is 14.7 Å². The van der Waals surface area contributed by atoms with Crippen molar-refractivity contribution in [3.8, 4) is 5.75 Å². The normalized spacial score (nSPS) is 18.8. The third-order valence-corrected chi connectivity index (χ3v) is 3.19. The molecular formula is C13H14O4. The molecule has 1 aromatic carbocycles. The van der Waals surface area contributed by atoms with E-state index in [0.717, 1.165) is 12.0 Å². The largest absolute Gasteiger partial charge is 0.508 e. The first-order valence-corrected chi connectivity index (χ1v) is 5.66. The molecule has 0 heterocycles. The number of rotatable bonds is 3. The Kier molecular flexibility index (Phi) is 3.13. The van der Waals surface area contributed by atoms with Gasteiger partial charge in [0, 0.05) is 17.9 Å². The first-order chi connectivity index (χ1) is 8.08. The lowest BCUT2D eigenvalue weighted by Crippen LogP contribution is -2.23. The lowest BCUT2D eigenvalue weighted by atomic mass is 9.80. The predicted octanol–water partition coefficient (Wildman–Crippen LogP) is 2.00. The minimum atomic E-state index is -0.866.